The molecule has 0 bridgehead atoms. The van der Waals surface area contributed by atoms with E-state index < -0.39 is 27.2 Å². The van der Waals surface area contributed by atoms with E-state index in [9.17, 15) is 22.0 Å². The van der Waals surface area contributed by atoms with E-state index >= 15 is 0 Å². The fourth-order valence-corrected chi connectivity index (χ4v) is 3.80. The van der Waals surface area contributed by atoms with E-state index in [0.29, 0.717) is 28.4 Å². The summed E-state index contributed by atoms with van der Waals surface area (Å²) < 4.78 is 60.3. The topological polar surface area (TPSA) is 106 Å². The van der Waals surface area contributed by atoms with Crippen LogP contribution < -0.4 is 15.0 Å². The lowest BCUT2D eigenvalue weighted by Gasteiger charge is -2.14. The Hall–Kier alpha value is -3.73. The highest BCUT2D eigenvalue weighted by atomic mass is 32.2. The van der Waals surface area contributed by atoms with E-state index in [0.717, 1.165) is 18.4 Å². The number of nitrogens with one attached hydrogen (secondary N) is 2. The van der Waals surface area contributed by atoms with Gasteiger partial charge in [-0.1, -0.05) is 0 Å². The number of H-pyrrole nitrogens is 1. The van der Waals surface area contributed by atoms with Gasteiger partial charge in [0.2, 0.25) is 10.0 Å². The van der Waals surface area contributed by atoms with Gasteiger partial charge in [-0.2, -0.15) is 5.10 Å². The maximum absolute atomic E-state index is 14.2. The van der Waals surface area contributed by atoms with Crippen LogP contribution in [0.2, 0.25) is 0 Å². The molecule has 8 nitrogen and oxygen atoms in total. The fraction of sp³-hybridized carbons (Fsp3) is 0.100. The minimum Gasteiger partial charge on any atom is -0.454 e. The molecule has 0 atom stereocenters. The maximum atomic E-state index is 14.2. The molecule has 0 aliphatic carbocycles. The Morgan fingerprint density at radius 2 is 1.84 bits per heavy atom. The van der Waals surface area contributed by atoms with Crippen molar-refractivity contribution in [2.75, 3.05) is 11.0 Å². The lowest BCUT2D eigenvalue weighted by Crippen LogP contribution is -2.12. The van der Waals surface area contributed by atoms with E-state index in [1.807, 2.05) is 0 Å². The van der Waals surface area contributed by atoms with Crippen LogP contribution in [0.15, 0.2) is 53.6 Å². The summed E-state index contributed by atoms with van der Waals surface area (Å²) in [4.78, 5) is 12.2. The van der Waals surface area contributed by atoms with Crippen molar-refractivity contribution < 1.29 is 21.9 Å². The molecule has 0 amide bonds. The number of halogens is 2. The Bertz CT molecular complexity index is 1480. The summed E-state index contributed by atoms with van der Waals surface area (Å²) in [5.41, 5.74) is 1.61. The van der Waals surface area contributed by atoms with Crippen LogP contribution in [0.4, 0.5) is 14.5 Å². The first-order chi connectivity index (χ1) is 14.6. The van der Waals surface area contributed by atoms with Crippen molar-refractivity contribution in [2.45, 2.75) is 6.92 Å². The van der Waals surface area contributed by atoms with Crippen LogP contribution in [0.5, 0.6) is 11.5 Å². The first kappa shape index (κ1) is 20.5. The molecule has 160 valence electrons. The summed E-state index contributed by atoms with van der Waals surface area (Å²) in [6.45, 7) is 1.73. The SMILES string of the molecule is Cc1cc(-c2cc(NS(C)(=O)=O)ccc2Oc2ccc(F)cc2F)n2cn[nH]c(=O)c12. The molecular weight excluding hydrogens is 430 g/mol. The van der Waals surface area contributed by atoms with E-state index in [1.165, 1.54) is 28.9 Å². The highest BCUT2D eigenvalue weighted by Crippen LogP contribution is 2.37. The van der Waals surface area contributed by atoms with Crippen molar-refractivity contribution in [3.05, 3.63) is 76.3 Å². The molecule has 0 radical (unpaired) electrons. The predicted molar refractivity (Wildman–Crippen MR) is 111 cm³/mol. The molecule has 2 aromatic carbocycles. The lowest BCUT2D eigenvalue weighted by molar-refractivity contribution is 0.439. The molecule has 4 rings (SSSR count). The van der Waals surface area contributed by atoms with Crippen LogP contribution in [0.3, 0.4) is 0 Å². The van der Waals surface area contributed by atoms with E-state index in [-0.39, 0.29) is 17.2 Å². The van der Waals surface area contributed by atoms with Gasteiger partial charge in [0.1, 0.15) is 23.4 Å². The summed E-state index contributed by atoms with van der Waals surface area (Å²) in [6.07, 6.45) is 2.39. The first-order valence-electron chi connectivity index (χ1n) is 8.93. The molecule has 2 N–H and O–H groups in total. The molecule has 0 saturated heterocycles. The summed E-state index contributed by atoms with van der Waals surface area (Å²) >= 11 is 0. The Balaban J connectivity index is 1.93. The number of aryl methyl sites for hydroxylation is 1. The van der Waals surface area contributed by atoms with E-state index in [4.69, 9.17) is 4.74 Å². The van der Waals surface area contributed by atoms with Crippen LogP contribution in [-0.4, -0.2) is 29.3 Å². The summed E-state index contributed by atoms with van der Waals surface area (Å²) in [5, 5.41) is 6.16. The standard InChI is InChI=1S/C20H16F2N4O4S/c1-11-7-16(26-10-23-24-20(27)19(11)26)14-9-13(25-31(2,28)29)4-6-17(14)30-18-5-3-12(21)8-15(18)22/h3-10,25H,1-2H3,(H,24,27). The van der Waals surface area contributed by atoms with Gasteiger partial charge in [0.25, 0.3) is 5.56 Å². The molecule has 0 spiro atoms. The molecule has 4 aromatic rings. The maximum Gasteiger partial charge on any atom is 0.288 e. The minimum atomic E-state index is -3.57. The number of hydrogen-bond acceptors (Lipinski definition) is 5. The first-order valence-corrected chi connectivity index (χ1v) is 10.8. The Kier molecular flexibility index (Phi) is 4.97. The fourth-order valence-electron chi connectivity index (χ4n) is 3.24. The second kappa shape index (κ2) is 7.51. The van der Waals surface area contributed by atoms with E-state index in [2.05, 4.69) is 14.9 Å². The Morgan fingerprint density at radius 3 is 2.55 bits per heavy atom. The number of hydrogen-bond donors (Lipinski definition) is 2. The average molecular weight is 446 g/mol. The third-order valence-electron chi connectivity index (χ3n) is 4.45. The molecule has 0 aliphatic heterocycles. The summed E-state index contributed by atoms with van der Waals surface area (Å²) in [5.74, 6) is -1.72. The van der Waals surface area contributed by atoms with Gasteiger partial charge >= 0.3 is 0 Å². The molecule has 0 aliphatic rings. The van der Waals surface area contributed by atoms with Crippen molar-refractivity contribution in [1.29, 1.82) is 0 Å². The zero-order chi connectivity index (χ0) is 22.3. The van der Waals surface area contributed by atoms with Crippen molar-refractivity contribution in [2.24, 2.45) is 0 Å². The number of aromatic nitrogens is 3. The van der Waals surface area contributed by atoms with Gasteiger partial charge in [-0.15, -0.1) is 0 Å². The van der Waals surface area contributed by atoms with Crippen molar-refractivity contribution in [3.63, 3.8) is 0 Å². The number of aromatic amines is 1. The summed E-state index contributed by atoms with van der Waals surface area (Å²) in [6, 6.07) is 8.95. The minimum absolute atomic E-state index is 0.157. The quantitative estimate of drug-likeness (QED) is 0.489. The highest BCUT2D eigenvalue weighted by Gasteiger charge is 2.18. The van der Waals surface area contributed by atoms with Gasteiger partial charge in [-0.05, 0) is 48.9 Å². The number of fused-ring (bicyclic) bond motifs is 1. The molecule has 11 heteroatoms. The molecule has 2 aromatic heterocycles. The van der Waals surface area contributed by atoms with Crippen LogP contribution in [0.25, 0.3) is 16.8 Å². The zero-order valence-electron chi connectivity index (χ0n) is 16.3. The number of benzene rings is 2. The number of sulfonamides is 1. The third-order valence-corrected chi connectivity index (χ3v) is 5.06. The van der Waals surface area contributed by atoms with Crippen molar-refractivity contribution in [1.82, 2.24) is 14.6 Å². The monoisotopic (exact) mass is 446 g/mol. The average Bonchev–Trinajstić information content (AvgIpc) is 3.01. The van der Waals surface area contributed by atoms with Crippen LogP contribution in [-0.2, 0) is 10.0 Å². The number of nitrogens with zero attached hydrogens (tertiary/aromatic N) is 2. The van der Waals surface area contributed by atoms with Gasteiger partial charge in [0.15, 0.2) is 11.6 Å². The largest absolute Gasteiger partial charge is 0.454 e. The second-order valence-corrected chi connectivity index (χ2v) is 8.63. The van der Waals surface area contributed by atoms with Gasteiger partial charge in [0, 0.05) is 17.3 Å². The molecule has 0 unspecified atom stereocenters. The Morgan fingerprint density at radius 1 is 1.10 bits per heavy atom. The number of rotatable bonds is 5. The normalized spacial score (nSPS) is 11.6. The number of ether oxygens (including phenoxy) is 1. The van der Waals surface area contributed by atoms with Crippen LogP contribution >= 0.6 is 0 Å². The predicted octanol–water partition coefficient (Wildman–Crippen LogP) is 3.44. The van der Waals surface area contributed by atoms with Gasteiger partial charge in [-0.3, -0.25) is 13.9 Å². The molecular formula is C20H16F2N4O4S. The van der Waals surface area contributed by atoms with E-state index in [1.54, 1.807) is 13.0 Å². The van der Waals surface area contributed by atoms with Crippen molar-refractivity contribution >= 4 is 21.2 Å². The third kappa shape index (κ3) is 4.12. The van der Waals surface area contributed by atoms with Gasteiger partial charge in [0.05, 0.1) is 11.9 Å². The van der Waals surface area contributed by atoms with Crippen LogP contribution in [0.1, 0.15) is 5.56 Å². The second-order valence-electron chi connectivity index (χ2n) is 6.88. The lowest BCUT2D eigenvalue weighted by atomic mass is 10.1. The Labute approximate surface area is 175 Å². The van der Waals surface area contributed by atoms with Crippen molar-refractivity contribution in [3.8, 4) is 22.8 Å². The van der Waals surface area contributed by atoms with Gasteiger partial charge in [-0.25, -0.2) is 22.3 Å². The zero-order valence-corrected chi connectivity index (χ0v) is 17.1. The molecule has 31 heavy (non-hydrogen) atoms. The summed E-state index contributed by atoms with van der Waals surface area (Å²) in [7, 11) is -3.57. The smallest absolute Gasteiger partial charge is 0.288 e. The number of anilines is 1. The van der Waals surface area contributed by atoms with Gasteiger partial charge < -0.3 is 4.74 Å². The highest BCUT2D eigenvalue weighted by molar-refractivity contribution is 7.92. The molecule has 2 heterocycles. The van der Waals surface area contributed by atoms with Crippen LogP contribution in [0, 0.1) is 18.6 Å². The molecule has 0 fully saturated rings. The molecule has 0 saturated carbocycles.